The van der Waals surface area contributed by atoms with Crippen LogP contribution in [0, 0.1) is 0 Å². The molecule has 5 heteroatoms. The summed E-state index contributed by atoms with van der Waals surface area (Å²) in [4.78, 5) is 32.6. The van der Waals surface area contributed by atoms with Gasteiger partial charge in [-0.15, -0.1) is 12.6 Å². The van der Waals surface area contributed by atoms with Gasteiger partial charge in [-0.1, -0.05) is 30.3 Å². The minimum Gasteiger partial charge on any atom is -0.242 e. The highest BCUT2D eigenvalue weighted by Crippen LogP contribution is 2.14. The second kappa shape index (κ2) is 6.06. The minimum atomic E-state index is -0.769. The molecule has 0 heterocycles. The van der Waals surface area contributed by atoms with Gasteiger partial charge in [0.15, 0.2) is 0 Å². The fraction of sp³-hybridized carbons (Fsp3) is 0. The largest absolute Gasteiger partial charge is 0.387 e. The summed E-state index contributed by atoms with van der Waals surface area (Å²) < 4.78 is 0. The lowest BCUT2D eigenvalue weighted by Crippen LogP contribution is -2.12. The third kappa shape index (κ3) is 3.35. The van der Waals surface area contributed by atoms with Gasteiger partial charge in [0.2, 0.25) is 0 Å². The van der Waals surface area contributed by atoms with Crippen LogP contribution in [0.25, 0.3) is 0 Å². The third-order valence-electron chi connectivity index (χ3n) is 2.33. The van der Waals surface area contributed by atoms with E-state index in [1.807, 2.05) is 0 Å². The molecule has 0 atom stereocenters. The molecule has 0 radical (unpaired) electrons. The highest BCUT2D eigenvalue weighted by Gasteiger charge is 2.15. The Morgan fingerprint density at radius 2 is 1.37 bits per heavy atom. The van der Waals surface area contributed by atoms with Crippen molar-refractivity contribution in [3.05, 3.63) is 65.7 Å². The van der Waals surface area contributed by atoms with Crippen LogP contribution < -0.4 is 0 Å². The van der Waals surface area contributed by atoms with E-state index in [0.29, 0.717) is 10.5 Å². The number of thiol groups is 1. The van der Waals surface area contributed by atoms with E-state index < -0.39 is 11.9 Å². The van der Waals surface area contributed by atoms with Crippen molar-refractivity contribution in [1.82, 2.24) is 0 Å². The van der Waals surface area contributed by atoms with Crippen LogP contribution in [0.2, 0.25) is 0 Å². The van der Waals surface area contributed by atoms with Crippen molar-refractivity contribution in [3.8, 4) is 0 Å². The van der Waals surface area contributed by atoms with Crippen molar-refractivity contribution in [2.24, 2.45) is 0 Å². The van der Waals surface area contributed by atoms with Crippen LogP contribution >= 0.6 is 12.6 Å². The zero-order valence-corrected chi connectivity index (χ0v) is 10.7. The second-order valence-corrected chi connectivity index (χ2v) is 4.11. The van der Waals surface area contributed by atoms with E-state index in [4.69, 9.17) is 0 Å². The van der Waals surface area contributed by atoms with Gasteiger partial charge in [-0.3, -0.25) is 0 Å². The number of carbonyl (C=O) groups excluding carboxylic acids is 2. The van der Waals surface area contributed by atoms with Gasteiger partial charge in [0.1, 0.15) is 0 Å². The smallest absolute Gasteiger partial charge is 0.242 e. The summed E-state index contributed by atoms with van der Waals surface area (Å²) in [6.07, 6.45) is 0. The number of rotatable bonds is 2. The van der Waals surface area contributed by atoms with Gasteiger partial charge in [0.25, 0.3) is 0 Å². The molecule has 0 N–H and O–H groups in total. The normalized spacial score (nSPS) is 9.74. The first-order valence-corrected chi connectivity index (χ1v) is 5.89. The van der Waals surface area contributed by atoms with Crippen molar-refractivity contribution in [3.63, 3.8) is 0 Å². The van der Waals surface area contributed by atoms with E-state index in [9.17, 15) is 9.59 Å². The molecule has 96 valence electrons. The molecule has 2 aromatic carbocycles. The van der Waals surface area contributed by atoms with Gasteiger partial charge in [0.05, 0.1) is 11.1 Å². The van der Waals surface area contributed by atoms with E-state index >= 15 is 0 Å². The zero-order chi connectivity index (χ0) is 13.7. The maximum Gasteiger partial charge on any atom is 0.387 e. The van der Waals surface area contributed by atoms with Crippen molar-refractivity contribution in [2.45, 2.75) is 4.90 Å². The van der Waals surface area contributed by atoms with Crippen molar-refractivity contribution >= 4 is 24.6 Å². The summed E-state index contributed by atoms with van der Waals surface area (Å²) in [7, 11) is 0. The summed E-state index contributed by atoms with van der Waals surface area (Å²) in [6, 6.07) is 14.8. The fourth-order valence-electron chi connectivity index (χ4n) is 1.39. The first-order chi connectivity index (χ1) is 9.18. The Balaban J connectivity index is 1.98. The van der Waals surface area contributed by atoms with E-state index in [2.05, 4.69) is 22.4 Å². The maximum absolute atomic E-state index is 11.7. The summed E-state index contributed by atoms with van der Waals surface area (Å²) in [5.41, 5.74) is 0.529. The topological polar surface area (TPSA) is 52.6 Å². The van der Waals surface area contributed by atoms with Crippen molar-refractivity contribution in [1.29, 1.82) is 0 Å². The van der Waals surface area contributed by atoms with Gasteiger partial charge in [-0.25, -0.2) is 19.4 Å². The Morgan fingerprint density at radius 1 is 0.789 bits per heavy atom. The monoisotopic (exact) mass is 274 g/mol. The third-order valence-corrected chi connectivity index (χ3v) is 2.72. The molecular formula is C14H10O4S. The Labute approximate surface area is 115 Å². The molecule has 0 saturated heterocycles. The van der Waals surface area contributed by atoms with Crippen molar-refractivity contribution < 1.29 is 19.4 Å². The molecule has 0 spiro atoms. The first kappa shape index (κ1) is 13.2. The Bertz CT molecular complexity index is 595. The number of benzene rings is 2. The van der Waals surface area contributed by atoms with Crippen molar-refractivity contribution in [2.75, 3.05) is 0 Å². The standard InChI is InChI=1S/C14H10O4S/c15-13(10-6-2-1-3-7-10)17-18-14(16)11-8-4-5-9-12(11)19/h1-9,19H. The summed E-state index contributed by atoms with van der Waals surface area (Å²) in [5, 5.41) is 0. The van der Waals surface area contributed by atoms with Gasteiger partial charge in [-0.2, -0.15) is 0 Å². The molecule has 0 aliphatic heterocycles. The average Bonchev–Trinajstić information content (AvgIpc) is 2.46. The first-order valence-electron chi connectivity index (χ1n) is 5.44. The number of carbonyl (C=O) groups is 2. The molecule has 0 aliphatic rings. The molecular weight excluding hydrogens is 264 g/mol. The van der Waals surface area contributed by atoms with E-state index in [-0.39, 0.29) is 5.56 Å². The quantitative estimate of drug-likeness (QED) is 0.520. The molecule has 4 nitrogen and oxygen atoms in total. The molecule has 2 aromatic rings. The lowest BCUT2D eigenvalue weighted by atomic mass is 10.2. The van der Waals surface area contributed by atoms with Crippen LogP contribution in [0.5, 0.6) is 0 Å². The molecule has 0 aromatic heterocycles. The van der Waals surface area contributed by atoms with Crippen LogP contribution in [0.3, 0.4) is 0 Å². The average molecular weight is 274 g/mol. The zero-order valence-electron chi connectivity index (χ0n) is 9.78. The molecule has 0 aliphatic carbocycles. The van der Waals surface area contributed by atoms with Gasteiger partial charge in [-0.05, 0) is 24.3 Å². The molecule has 19 heavy (non-hydrogen) atoms. The van der Waals surface area contributed by atoms with Crippen LogP contribution in [-0.4, -0.2) is 11.9 Å². The van der Waals surface area contributed by atoms with Crippen LogP contribution in [0.1, 0.15) is 20.7 Å². The predicted molar refractivity (Wildman–Crippen MR) is 71.0 cm³/mol. The van der Waals surface area contributed by atoms with Gasteiger partial charge < -0.3 is 0 Å². The predicted octanol–water partition coefficient (Wildman–Crippen LogP) is 2.90. The maximum atomic E-state index is 11.7. The summed E-state index contributed by atoms with van der Waals surface area (Å²) in [6.45, 7) is 0. The lowest BCUT2D eigenvalue weighted by molar-refractivity contribution is -0.187. The molecule has 0 bridgehead atoms. The highest BCUT2D eigenvalue weighted by atomic mass is 32.1. The number of hydrogen-bond donors (Lipinski definition) is 1. The van der Waals surface area contributed by atoms with Gasteiger partial charge in [0, 0.05) is 4.90 Å². The number of hydrogen-bond acceptors (Lipinski definition) is 5. The summed E-state index contributed by atoms with van der Waals surface area (Å²) >= 11 is 4.11. The Kier molecular flexibility index (Phi) is 4.20. The van der Waals surface area contributed by atoms with Gasteiger partial charge >= 0.3 is 11.9 Å². The minimum absolute atomic E-state index is 0.228. The van der Waals surface area contributed by atoms with Crippen LogP contribution in [-0.2, 0) is 9.78 Å². The molecule has 0 unspecified atom stereocenters. The lowest BCUT2D eigenvalue weighted by Gasteiger charge is -2.04. The molecule has 0 fully saturated rings. The van der Waals surface area contributed by atoms with Crippen LogP contribution in [0.15, 0.2) is 59.5 Å². The Morgan fingerprint density at radius 3 is 2.05 bits per heavy atom. The van der Waals surface area contributed by atoms with Crippen LogP contribution in [0.4, 0.5) is 0 Å². The molecule has 0 amide bonds. The molecule has 2 rings (SSSR count). The Hall–Kier alpha value is -2.27. The van der Waals surface area contributed by atoms with E-state index in [0.717, 1.165) is 0 Å². The van der Waals surface area contributed by atoms with E-state index in [1.165, 1.54) is 6.07 Å². The fourth-order valence-corrected chi connectivity index (χ4v) is 1.64. The second-order valence-electron chi connectivity index (χ2n) is 3.62. The SMILES string of the molecule is O=C(OOC(=O)c1ccccc1S)c1ccccc1. The highest BCUT2D eigenvalue weighted by molar-refractivity contribution is 7.80. The summed E-state index contributed by atoms with van der Waals surface area (Å²) in [5.74, 6) is -1.50. The molecule has 0 saturated carbocycles. The van der Waals surface area contributed by atoms with E-state index in [1.54, 1.807) is 48.5 Å².